The maximum atomic E-state index is 12.3. The van der Waals surface area contributed by atoms with Crippen LogP contribution in [0.25, 0.3) is 10.8 Å². The molecule has 0 spiro atoms. The van der Waals surface area contributed by atoms with Crippen LogP contribution in [0.1, 0.15) is 38.5 Å². The number of carbonyl (C=O) groups is 1. The Morgan fingerprint density at radius 1 is 0.955 bits per heavy atom. The Kier molecular flexibility index (Phi) is 2.29. The first kappa shape index (κ1) is 12.0. The van der Waals surface area contributed by atoms with Gasteiger partial charge in [0.25, 0.3) is 0 Å². The number of hydrogen-bond acceptors (Lipinski definition) is 2. The van der Waals surface area contributed by atoms with Gasteiger partial charge in [0.05, 0.1) is 5.56 Å². The molecule has 5 rings (SSSR count). The smallest absolute Gasteiger partial charge is 0.339 e. The molecule has 1 heterocycles. The van der Waals surface area contributed by atoms with Gasteiger partial charge in [-0.1, -0.05) is 48.5 Å². The fourth-order valence-electron chi connectivity index (χ4n) is 4.01. The number of rotatable bonds is 1. The first-order valence-corrected chi connectivity index (χ1v) is 7.62. The van der Waals surface area contributed by atoms with E-state index in [1.54, 1.807) is 0 Å². The zero-order chi connectivity index (χ0) is 14.7. The molecule has 0 N–H and O–H groups in total. The maximum Gasteiger partial charge on any atom is 0.339 e. The first-order valence-electron chi connectivity index (χ1n) is 7.62. The monoisotopic (exact) mass is 286 g/mol. The lowest BCUT2D eigenvalue weighted by Gasteiger charge is -2.14. The van der Waals surface area contributed by atoms with Crippen molar-refractivity contribution in [2.45, 2.75) is 18.9 Å². The van der Waals surface area contributed by atoms with Crippen molar-refractivity contribution in [2.24, 2.45) is 0 Å². The van der Waals surface area contributed by atoms with Crippen molar-refractivity contribution in [1.82, 2.24) is 0 Å². The second kappa shape index (κ2) is 4.20. The number of esters is 1. The zero-order valence-corrected chi connectivity index (χ0v) is 12.0. The summed E-state index contributed by atoms with van der Waals surface area (Å²) in [6.45, 7) is 0.406. The van der Waals surface area contributed by atoms with E-state index in [2.05, 4.69) is 48.5 Å². The van der Waals surface area contributed by atoms with Gasteiger partial charge >= 0.3 is 5.97 Å². The molecule has 0 saturated heterocycles. The van der Waals surface area contributed by atoms with E-state index in [0.29, 0.717) is 6.61 Å². The Hall–Kier alpha value is -2.61. The van der Waals surface area contributed by atoms with E-state index in [9.17, 15) is 4.79 Å². The summed E-state index contributed by atoms with van der Waals surface area (Å²) in [6.07, 6.45) is 0.959. The average Bonchev–Trinajstić information content (AvgIpc) is 3.11. The lowest BCUT2D eigenvalue weighted by atomic mass is 9.87. The highest BCUT2D eigenvalue weighted by molar-refractivity contribution is 6.05. The van der Waals surface area contributed by atoms with Gasteiger partial charge in [-0.2, -0.15) is 0 Å². The van der Waals surface area contributed by atoms with Gasteiger partial charge in [-0.05, 0) is 39.9 Å². The quantitative estimate of drug-likeness (QED) is 0.627. The molecule has 0 saturated carbocycles. The number of benzene rings is 3. The molecule has 0 aromatic heterocycles. The first-order chi connectivity index (χ1) is 10.8. The molecule has 2 aliphatic rings. The molecular formula is C20H14O2. The summed E-state index contributed by atoms with van der Waals surface area (Å²) in [6, 6.07) is 19.0. The van der Waals surface area contributed by atoms with E-state index >= 15 is 0 Å². The van der Waals surface area contributed by atoms with Crippen molar-refractivity contribution in [3.8, 4) is 0 Å². The van der Waals surface area contributed by atoms with E-state index in [1.807, 2.05) is 6.07 Å². The van der Waals surface area contributed by atoms with E-state index in [1.165, 1.54) is 27.5 Å². The van der Waals surface area contributed by atoms with E-state index < -0.39 is 0 Å². The molecule has 1 aliphatic carbocycles. The Morgan fingerprint density at radius 3 is 2.68 bits per heavy atom. The van der Waals surface area contributed by atoms with Crippen molar-refractivity contribution in [1.29, 1.82) is 0 Å². The van der Waals surface area contributed by atoms with Crippen molar-refractivity contribution in [3.63, 3.8) is 0 Å². The highest BCUT2D eigenvalue weighted by Gasteiger charge is 2.35. The topological polar surface area (TPSA) is 26.3 Å². The standard InChI is InChI=1S/C20H14O2/c21-20-18-15(11-22-20)9-13-7-4-8-14-10-16(19(18)17(13)14)12-5-2-1-3-6-12/h1-9,16H,10-11H2. The number of fused-ring (bicyclic) bond motifs is 2. The van der Waals surface area contributed by atoms with Gasteiger partial charge in [0, 0.05) is 11.5 Å². The third kappa shape index (κ3) is 1.47. The largest absolute Gasteiger partial charge is 0.457 e. The van der Waals surface area contributed by atoms with Crippen LogP contribution in [0.4, 0.5) is 0 Å². The van der Waals surface area contributed by atoms with Crippen LogP contribution < -0.4 is 0 Å². The molecule has 22 heavy (non-hydrogen) atoms. The van der Waals surface area contributed by atoms with Gasteiger partial charge in [-0.25, -0.2) is 4.79 Å². The molecule has 2 heteroatoms. The molecule has 0 fully saturated rings. The predicted octanol–water partition coefficient (Wildman–Crippen LogP) is 4.20. The van der Waals surface area contributed by atoms with Gasteiger partial charge in [-0.15, -0.1) is 0 Å². The molecule has 1 aliphatic heterocycles. The fraction of sp³-hybridized carbons (Fsp3) is 0.150. The molecule has 1 atom stereocenters. The predicted molar refractivity (Wildman–Crippen MR) is 85.1 cm³/mol. The van der Waals surface area contributed by atoms with Crippen LogP contribution in [-0.4, -0.2) is 5.97 Å². The summed E-state index contributed by atoms with van der Waals surface area (Å²) < 4.78 is 5.31. The normalized spacial score (nSPS) is 18.5. The summed E-state index contributed by atoms with van der Waals surface area (Å²) in [7, 11) is 0. The van der Waals surface area contributed by atoms with Crippen LogP contribution in [-0.2, 0) is 17.8 Å². The summed E-state index contributed by atoms with van der Waals surface area (Å²) in [5.74, 6) is 0.0891. The molecule has 3 aromatic rings. The minimum absolute atomic E-state index is 0.162. The summed E-state index contributed by atoms with van der Waals surface area (Å²) in [5.41, 5.74) is 5.63. The Morgan fingerprint density at radius 2 is 1.82 bits per heavy atom. The minimum atomic E-state index is -0.162. The average molecular weight is 286 g/mol. The van der Waals surface area contributed by atoms with E-state index in [0.717, 1.165) is 17.5 Å². The van der Waals surface area contributed by atoms with Crippen LogP contribution in [0, 0.1) is 0 Å². The van der Waals surface area contributed by atoms with E-state index in [4.69, 9.17) is 4.74 Å². The second-order valence-electron chi connectivity index (χ2n) is 6.08. The Balaban J connectivity index is 1.87. The molecule has 0 bridgehead atoms. The molecule has 3 aromatic carbocycles. The fourth-order valence-corrected chi connectivity index (χ4v) is 4.01. The van der Waals surface area contributed by atoms with Crippen LogP contribution in [0.3, 0.4) is 0 Å². The third-order valence-corrected chi connectivity index (χ3v) is 4.91. The molecule has 0 amide bonds. The van der Waals surface area contributed by atoms with Gasteiger partial charge in [-0.3, -0.25) is 0 Å². The Bertz CT molecular complexity index is 925. The minimum Gasteiger partial charge on any atom is -0.457 e. The van der Waals surface area contributed by atoms with Gasteiger partial charge in [0.2, 0.25) is 0 Å². The molecule has 0 radical (unpaired) electrons. The number of ether oxygens (including phenoxy) is 1. The molecule has 1 unspecified atom stereocenters. The van der Waals surface area contributed by atoms with Gasteiger partial charge in [0.1, 0.15) is 6.61 Å². The highest BCUT2D eigenvalue weighted by atomic mass is 16.5. The van der Waals surface area contributed by atoms with Crippen molar-refractivity contribution >= 4 is 16.7 Å². The SMILES string of the molecule is O=C1OCc2cc3cccc4c3c(c21)C(c1ccccc1)C4. The second-order valence-corrected chi connectivity index (χ2v) is 6.08. The van der Waals surface area contributed by atoms with Gasteiger partial charge < -0.3 is 4.74 Å². The van der Waals surface area contributed by atoms with Crippen LogP contribution in [0.2, 0.25) is 0 Å². The lowest BCUT2D eigenvalue weighted by molar-refractivity contribution is 0.0534. The molecule has 2 nitrogen and oxygen atoms in total. The maximum absolute atomic E-state index is 12.3. The lowest BCUT2D eigenvalue weighted by Crippen LogP contribution is -2.06. The van der Waals surface area contributed by atoms with Crippen molar-refractivity contribution in [2.75, 3.05) is 0 Å². The van der Waals surface area contributed by atoms with Crippen LogP contribution in [0.15, 0.2) is 54.6 Å². The summed E-state index contributed by atoms with van der Waals surface area (Å²) in [4.78, 5) is 12.3. The zero-order valence-electron chi connectivity index (χ0n) is 12.0. The van der Waals surface area contributed by atoms with Gasteiger partial charge in [0.15, 0.2) is 0 Å². The molecule has 106 valence electrons. The van der Waals surface area contributed by atoms with Crippen molar-refractivity contribution < 1.29 is 9.53 Å². The van der Waals surface area contributed by atoms with Crippen molar-refractivity contribution in [3.05, 3.63) is 82.4 Å². The molecular weight excluding hydrogens is 272 g/mol. The third-order valence-electron chi connectivity index (χ3n) is 4.91. The van der Waals surface area contributed by atoms with Crippen LogP contribution >= 0.6 is 0 Å². The summed E-state index contributed by atoms with van der Waals surface area (Å²) >= 11 is 0. The Labute approximate surface area is 128 Å². The highest BCUT2D eigenvalue weighted by Crippen LogP contribution is 2.46. The van der Waals surface area contributed by atoms with E-state index in [-0.39, 0.29) is 11.9 Å². The number of carbonyl (C=O) groups excluding carboxylic acids is 1. The van der Waals surface area contributed by atoms with Crippen LogP contribution in [0.5, 0.6) is 0 Å². The summed E-state index contributed by atoms with van der Waals surface area (Å²) in [5, 5.41) is 2.48. The number of hydrogen-bond donors (Lipinski definition) is 0. The number of cyclic esters (lactones) is 1.